The van der Waals surface area contributed by atoms with Gasteiger partial charge in [-0.2, -0.15) is 0 Å². The second kappa shape index (κ2) is 4.57. The molecule has 0 amide bonds. The molecule has 106 valence electrons. The van der Waals surface area contributed by atoms with Crippen LogP contribution in [-0.2, 0) is 24.0 Å². The number of halogens is 1. The number of hydrogen-bond acceptors (Lipinski definition) is 2. The number of aliphatic hydroxyl groups is 1. The molecule has 1 heterocycles. The molecule has 0 atom stereocenters. The first-order chi connectivity index (χ1) is 8.62. The van der Waals surface area contributed by atoms with Crippen LogP contribution in [0.5, 0.6) is 0 Å². The van der Waals surface area contributed by atoms with Crippen molar-refractivity contribution >= 4 is 0 Å². The molecule has 0 radical (unpaired) electrons. The third kappa shape index (κ3) is 2.67. The van der Waals surface area contributed by atoms with Gasteiger partial charge >= 0.3 is 0 Å². The average Bonchev–Trinajstić information content (AvgIpc) is 2.26. The summed E-state index contributed by atoms with van der Waals surface area (Å²) in [6.07, 6.45) is 0.689. The number of hydrogen-bond donors (Lipinski definition) is 2. The van der Waals surface area contributed by atoms with Gasteiger partial charge < -0.3 is 10.4 Å². The fourth-order valence-corrected chi connectivity index (χ4v) is 2.76. The number of benzene rings is 1. The molecule has 2 N–H and O–H groups in total. The van der Waals surface area contributed by atoms with Gasteiger partial charge in [-0.3, -0.25) is 0 Å². The van der Waals surface area contributed by atoms with E-state index in [-0.39, 0.29) is 11.2 Å². The van der Waals surface area contributed by atoms with Crippen molar-refractivity contribution in [2.24, 2.45) is 0 Å². The van der Waals surface area contributed by atoms with Gasteiger partial charge in [0.25, 0.3) is 0 Å². The Labute approximate surface area is 115 Å². The molecule has 0 unspecified atom stereocenters. The van der Waals surface area contributed by atoms with Crippen molar-refractivity contribution in [3.8, 4) is 0 Å². The highest BCUT2D eigenvalue weighted by molar-refractivity contribution is 5.46. The predicted molar refractivity (Wildman–Crippen MR) is 75.8 cm³/mol. The van der Waals surface area contributed by atoms with Crippen LogP contribution in [0.1, 0.15) is 56.9 Å². The molecule has 1 aliphatic rings. The summed E-state index contributed by atoms with van der Waals surface area (Å²) in [6.45, 7) is 11.2. The first kappa shape index (κ1) is 14.5. The van der Waals surface area contributed by atoms with E-state index in [1.807, 2.05) is 6.07 Å². The molecule has 0 aromatic heterocycles. The van der Waals surface area contributed by atoms with Crippen LogP contribution in [0, 0.1) is 5.82 Å². The average molecular weight is 265 g/mol. The van der Waals surface area contributed by atoms with Crippen LogP contribution in [0.4, 0.5) is 4.39 Å². The Kier molecular flexibility index (Phi) is 3.48. The Morgan fingerprint density at radius 1 is 1.11 bits per heavy atom. The third-order valence-corrected chi connectivity index (χ3v) is 3.80. The van der Waals surface area contributed by atoms with Crippen LogP contribution in [-0.4, -0.2) is 11.7 Å². The van der Waals surface area contributed by atoms with Crippen LogP contribution in [0.15, 0.2) is 6.07 Å². The van der Waals surface area contributed by atoms with Crippen molar-refractivity contribution in [2.75, 3.05) is 6.54 Å². The summed E-state index contributed by atoms with van der Waals surface area (Å²) in [5.41, 5.74) is 2.19. The van der Waals surface area contributed by atoms with Gasteiger partial charge in [-0.15, -0.1) is 0 Å². The Hall–Kier alpha value is -0.930. The van der Waals surface area contributed by atoms with Gasteiger partial charge in [0.05, 0.1) is 5.60 Å². The van der Waals surface area contributed by atoms with E-state index in [2.05, 4.69) is 26.1 Å². The molecule has 1 aromatic rings. The minimum Gasteiger partial charge on any atom is -0.386 e. The number of nitrogens with one attached hydrogen (secondary N) is 1. The molecular formula is C16H24FNO. The van der Waals surface area contributed by atoms with Gasteiger partial charge in [0.2, 0.25) is 0 Å². The Morgan fingerprint density at radius 3 is 2.26 bits per heavy atom. The van der Waals surface area contributed by atoms with E-state index in [4.69, 9.17) is 0 Å². The van der Waals surface area contributed by atoms with Gasteiger partial charge in [-0.05, 0) is 55.0 Å². The highest BCUT2D eigenvalue weighted by Gasteiger charge is 2.30. The molecule has 0 spiro atoms. The van der Waals surface area contributed by atoms with Gasteiger partial charge in [0.15, 0.2) is 0 Å². The lowest BCUT2D eigenvalue weighted by molar-refractivity contribution is 0.0741. The highest BCUT2D eigenvalue weighted by Crippen LogP contribution is 2.36. The molecule has 0 saturated heterocycles. The summed E-state index contributed by atoms with van der Waals surface area (Å²) in [6, 6.07) is 1.85. The number of fused-ring (bicyclic) bond motifs is 1. The molecular weight excluding hydrogens is 241 g/mol. The van der Waals surface area contributed by atoms with E-state index in [0.717, 1.165) is 23.2 Å². The van der Waals surface area contributed by atoms with Crippen LogP contribution >= 0.6 is 0 Å². The van der Waals surface area contributed by atoms with E-state index in [1.54, 1.807) is 13.8 Å². The monoisotopic (exact) mass is 265 g/mol. The topological polar surface area (TPSA) is 32.3 Å². The zero-order valence-electron chi connectivity index (χ0n) is 12.5. The van der Waals surface area contributed by atoms with Crippen LogP contribution in [0.25, 0.3) is 0 Å². The molecule has 0 bridgehead atoms. The van der Waals surface area contributed by atoms with Crippen molar-refractivity contribution in [3.05, 3.63) is 34.1 Å². The van der Waals surface area contributed by atoms with Crippen molar-refractivity contribution in [1.29, 1.82) is 0 Å². The fourth-order valence-electron chi connectivity index (χ4n) is 2.76. The zero-order valence-corrected chi connectivity index (χ0v) is 12.5. The third-order valence-electron chi connectivity index (χ3n) is 3.80. The normalized spacial score (nSPS) is 16.4. The molecule has 19 heavy (non-hydrogen) atoms. The van der Waals surface area contributed by atoms with E-state index in [0.29, 0.717) is 18.5 Å². The molecule has 2 nitrogen and oxygen atoms in total. The maximum absolute atomic E-state index is 14.6. The second-order valence-corrected chi connectivity index (χ2v) is 6.98. The number of rotatable bonds is 1. The smallest absolute Gasteiger partial charge is 0.132 e. The molecule has 1 aromatic carbocycles. The summed E-state index contributed by atoms with van der Waals surface area (Å²) < 4.78 is 14.6. The lowest BCUT2D eigenvalue weighted by atomic mass is 9.77. The summed E-state index contributed by atoms with van der Waals surface area (Å²) in [5.74, 6) is -0.225. The van der Waals surface area contributed by atoms with Gasteiger partial charge in [-0.1, -0.05) is 20.8 Å². The van der Waals surface area contributed by atoms with Gasteiger partial charge in [0.1, 0.15) is 5.82 Å². The molecule has 3 heteroatoms. The summed E-state index contributed by atoms with van der Waals surface area (Å²) in [7, 11) is 0. The van der Waals surface area contributed by atoms with Crippen LogP contribution < -0.4 is 5.32 Å². The Balaban J connectivity index is 2.74. The van der Waals surface area contributed by atoms with Crippen LogP contribution in [0.3, 0.4) is 0 Å². The summed E-state index contributed by atoms with van der Waals surface area (Å²) in [4.78, 5) is 0. The minimum absolute atomic E-state index is 0.0587. The predicted octanol–water partition coefficient (Wildman–Crippen LogP) is 3.00. The van der Waals surface area contributed by atoms with Crippen molar-refractivity contribution < 1.29 is 9.50 Å². The Bertz CT molecular complexity index is 495. The zero-order chi connectivity index (χ0) is 14.4. The lowest BCUT2D eigenvalue weighted by Gasteiger charge is -2.32. The van der Waals surface area contributed by atoms with E-state index in [1.165, 1.54) is 0 Å². The Morgan fingerprint density at radius 2 is 1.74 bits per heavy atom. The molecule has 2 rings (SSSR count). The van der Waals surface area contributed by atoms with Crippen LogP contribution in [0.2, 0.25) is 0 Å². The first-order valence-electron chi connectivity index (χ1n) is 6.90. The standard InChI is InChI=1S/C16H24FNO/c1-15(2,3)12-8-13(16(4,5)19)14(17)10-6-7-18-9-11(10)12/h8,18-19H,6-7,9H2,1-5H3. The van der Waals surface area contributed by atoms with E-state index in [9.17, 15) is 9.50 Å². The quantitative estimate of drug-likeness (QED) is 0.818. The van der Waals surface area contributed by atoms with Gasteiger partial charge in [0, 0.05) is 12.1 Å². The largest absolute Gasteiger partial charge is 0.386 e. The van der Waals surface area contributed by atoms with E-state index < -0.39 is 5.60 Å². The summed E-state index contributed by atoms with van der Waals surface area (Å²) in [5, 5.41) is 13.5. The van der Waals surface area contributed by atoms with Crippen molar-refractivity contribution in [2.45, 2.75) is 58.6 Å². The molecule has 0 fully saturated rings. The van der Waals surface area contributed by atoms with Crippen molar-refractivity contribution in [3.63, 3.8) is 0 Å². The second-order valence-electron chi connectivity index (χ2n) is 6.98. The SMILES string of the molecule is CC(C)(C)c1cc(C(C)(C)O)c(F)c2c1CNCC2. The van der Waals surface area contributed by atoms with Gasteiger partial charge in [-0.25, -0.2) is 4.39 Å². The molecule has 1 aliphatic heterocycles. The summed E-state index contributed by atoms with van der Waals surface area (Å²) >= 11 is 0. The maximum Gasteiger partial charge on any atom is 0.132 e. The lowest BCUT2D eigenvalue weighted by Crippen LogP contribution is -2.31. The highest BCUT2D eigenvalue weighted by atomic mass is 19.1. The maximum atomic E-state index is 14.6. The van der Waals surface area contributed by atoms with Crippen molar-refractivity contribution in [1.82, 2.24) is 5.32 Å². The molecule has 0 saturated carbocycles. The fraction of sp³-hybridized carbons (Fsp3) is 0.625. The molecule has 0 aliphatic carbocycles. The minimum atomic E-state index is -1.15. The first-order valence-corrected chi connectivity index (χ1v) is 6.90. The van der Waals surface area contributed by atoms with E-state index >= 15 is 0 Å².